The summed E-state index contributed by atoms with van der Waals surface area (Å²) in [6, 6.07) is 17.5. The van der Waals surface area contributed by atoms with Crippen molar-refractivity contribution in [2.24, 2.45) is 5.73 Å². The van der Waals surface area contributed by atoms with Crippen molar-refractivity contribution in [3.63, 3.8) is 0 Å². The van der Waals surface area contributed by atoms with Crippen molar-refractivity contribution in [1.29, 1.82) is 0 Å². The first-order valence-corrected chi connectivity index (χ1v) is 7.85. The highest BCUT2D eigenvalue weighted by Crippen LogP contribution is 2.24. The quantitative estimate of drug-likeness (QED) is 0.846. The van der Waals surface area contributed by atoms with E-state index in [9.17, 15) is 4.79 Å². The summed E-state index contributed by atoms with van der Waals surface area (Å²) in [4.78, 5) is 13.5. The summed E-state index contributed by atoms with van der Waals surface area (Å²) in [7, 11) is 1.63. The van der Waals surface area contributed by atoms with Gasteiger partial charge in [0.05, 0.1) is 13.2 Å². The van der Waals surface area contributed by atoms with Crippen LogP contribution >= 0.6 is 0 Å². The van der Waals surface area contributed by atoms with E-state index >= 15 is 0 Å². The maximum atomic E-state index is 11.8. The molecule has 0 bridgehead atoms. The molecule has 122 valence electrons. The van der Waals surface area contributed by atoms with Gasteiger partial charge in [0.1, 0.15) is 5.75 Å². The predicted octanol–water partition coefficient (Wildman–Crippen LogP) is 3.77. The molecule has 0 aliphatic carbocycles. The van der Waals surface area contributed by atoms with Gasteiger partial charge < -0.3 is 15.4 Å². The summed E-state index contributed by atoms with van der Waals surface area (Å²) in [5, 5.41) is 0. The lowest BCUT2D eigenvalue weighted by Crippen LogP contribution is -2.38. The highest BCUT2D eigenvalue weighted by Gasteiger charge is 2.19. The van der Waals surface area contributed by atoms with E-state index < -0.39 is 6.03 Å². The molecule has 2 aromatic carbocycles. The Morgan fingerprint density at radius 2 is 1.91 bits per heavy atom. The van der Waals surface area contributed by atoms with Gasteiger partial charge in [-0.1, -0.05) is 42.5 Å². The van der Waals surface area contributed by atoms with Crippen molar-refractivity contribution < 1.29 is 9.53 Å². The van der Waals surface area contributed by atoms with Crippen LogP contribution in [0.5, 0.6) is 5.75 Å². The Labute approximate surface area is 137 Å². The molecule has 0 aliphatic rings. The van der Waals surface area contributed by atoms with Gasteiger partial charge in [-0.3, -0.25) is 0 Å². The molecule has 2 amide bonds. The third-order valence-corrected chi connectivity index (χ3v) is 4.03. The molecule has 0 spiro atoms. The number of primary amides is 1. The first-order chi connectivity index (χ1) is 11.1. The second kappa shape index (κ2) is 8.22. The Bertz CT molecular complexity index is 628. The minimum absolute atomic E-state index is 0.0848. The summed E-state index contributed by atoms with van der Waals surface area (Å²) in [6.45, 7) is 2.62. The van der Waals surface area contributed by atoms with Gasteiger partial charge in [0, 0.05) is 6.54 Å². The molecule has 4 heteroatoms. The van der Waals surface area contributed by atoms with Gasteiger partial charge in [0.15, 0.2) is 0 Å². The number of amides is 2. The molecule has 0 fully saturated rings. The van der Waals surface area contributed by atoms with Gasteiger partial charge in [-0.2, -0.15) is 0 Å². The molecule has 0 saturated heterocycles. The Hall–Kier alpha value is -2.49. The predicted molar refractivity (Wildman–Crippen MR) is 92.5 cm³/mol. The third kappa shape index (κ3) is 4.74. The van der Waals surface area contributed by atoms with Gasteiger partial charge in [0.2, 0.25) is 0 Å². The van der Waals surface area contributed by atoms with Crippen LogP contribution in [0.3, 0.4) is 0 Å². The summed E-state index contributed by atoms with van der Waals surface area (Å²) >= 11 is 0. The number of benzene rings is 2. The minimum atomic E-state index is -0.395. The van der Waals surface area contributed by atoms with Crippen LogP contribution in [0.1, 0.15) is 30.5 Å². The summed E-state index contributed by atoms with van der Waals surface area (Å²) in [6.07, 6.45) is 1.80. The minimum Gasteiger partial charge on any atom is -0.497 e. The molecule has 0 aliphatic heterocycles. The van der Waals surface area contributed by atoms with Gasteiger partial charge in [-0.05, 0) is 43.0 Å². The lowest BCUT2D eigenvalue weighted by molar-refractivity contribution is 0.187. The maximum Gasteiger partial charge on any atom is 0.315 e. The van der Waals surface area contributed by atoms with Crippen molar-refractivity contribution in [1.82, 2.24) is 4.90 Å². The molecular weight excluding hydrogens is 288 g/mol. The molecule has 2 rings (SSSR count). The highest BCUT2D eigenvalue weighted by atomic mass is 16.5. The Kier molecular flexibility index (Phi) is 6.03. The number of hydrogen-bond acceptors (Lipinski definition) is 2. The third-order valence-electron chi connectivity index (χ3n) is 4.03. The molecule has 1 unspecified atom stereocenters. The van der Waals surface area contributed by atoms with E-state index in [2.05, 4.69) is 12.1 Å². The zero-order valence-electron chi connectivity index (χ0n) is 13.7. The van der Waals surface area contributed by atoms with Crippen molar-refractivity contribution in [3.05, 3.63) is 65.7 Å². The van der Waals surface area contributed by atoms with Crippen LogP contribution in [0.2, 0.25) is 0 Å². The summed E-state index contributed by atoms with van der Waals surface area (Å²) in [5.41, 5.74) is 7.87. The molecule has 2 aromatic rings. The van der Waals surface area contributed by atoms with Crippen molar-refractivity contribution in [3.8, 4) is 5.75 Å². The van der Waals surface area contributed by atoms with Gasteiger partial charge in [-0.15, -0.1) is 0 Å². The first-order valence-electron chi connectivity index (χ1n) is 7.85. The van der Waals surface area contributed by atoms with Crippen LogP contribution < -0.4 is 10.5 Å². The normalized spacial score (nSPS) is 11.7. The van der Waals surface area contributed by atoms with Crippen molar-refractivity contribution in [2.45, 2.75) is 25.8 Å². The van der Waals surface area contributed by atoms with Crippen LogP contribution in [-0.4, -0.2) is 24.6 Å². The second-order valence-electron chi connectivity index (χ2n) is 5.57. The molecule has 1 atom stereocenters. The summed E-state index contributed by atoms with van der Waals surface area (Å²) < 4.78 is 5.25. The number of methoxy groups -OCH3 is 1. The molecule has 23 heavy (non-hydrogen) atoms. The molecule has 0 saturated carbocycles. The fourth-order valence-electron chi connectivity index (χ4n) is 2.67. The van der Waals surface area contributed by atoms with E-state index in [0.29, 0.717) is 6.54 Å². The fourth-order valence-corrected chi connectivity index (χ4v) is 2.67. The molecule has 0 heterocycles. The fraction of sp³-hybridized carbons (Fsp3) is 0.316. The van der Waals surface area contributed by atoms with Gasteiger partial charge in [0.25, 0.3) is 0 Å². The van der Waals surface area contributed by atoms with E-state index in [1.165, 1.54) is 5.56 Å². The average molecular weight is 312 g/mol. The van der Waals surface area contributed by atoms with Crippen LogP contribution in [0.4, 0.5) is 4.79 Å². The maximum absolute atomic E-state index is 11.8. The number of carbonyl (C=O) groups excluding carboxylic acids is 1. The van der Waals surface area contributed by atoms with Gasteiger partial charge >= 0.3 is 6.03 Å². The van der Waals surface area contributed by atoms with Crippen LogP contribution in [0.15, 0.2) is 54.6 Å². The molecule has 0 radical (unpaired) electrons. The van der Waals surface area contributed by atoms with E-state index in [-0.39, 0.29) is 6.04 Å². The SMILES string of the molecule is COc1cccc(C(C)N(CCCc2ccccc2)C(N)=O)c1. The highest BCUT2D eigenvalue weighted by molar-refractivity contribution is 5.72. The largest absolute Gasteiger partial charge is 0.497 e. The topological polar surface area (TPSA) is 55.6 Å². The zero-order valence-corrected chi connectivity index (χ0v) is 13.7. The Morgan fingerprint density at radius 3 is 2.57 bits per heavy atom. The van der Waals surface area contributed by atoms with Crippen LogP contribution in [0.25, 0.3) is 0 Å². The monoisotopic (exact) mass is 312 g/mol. The zero-order chi connectivity index (χ0) is 16.7. The van der Waals surface area contributed by atoms with Crippen molar-refractivity contribution in [2.75, 3.05) is 13.7 Å². The first kappa shape index (κ1) is 16.9. The van der Waals surface area contributed by atoms with E-state index in [0.717, 1.165) is 24.2 Å². The number of carbonyl (C=O) groups is 1. The number of urea groups is 1. The van der Waals surface area contributed by atoms with E-state index in [4.69, 9.17) is 10.5 Å². The van der Waals surface area contributed by atoms with E-state index in [1.54, 1.807) is 12.0 Å². The average Bonchev–Trinajstić information content (AvgIpc) is 2.59. The number of nitrogens with two attached hydrogens (primary N) is 1. The molecule has 4 nitrogen and oxygen atoms in total. The second-order valence-corrected chi connectivity index (χ2v) is 5.57. The summed E-state index contributed by atoms with van der Waals surface area (Å²) in [5.74, 6) is 0.781. The van der Waals surface area contributed by atoms with Gasteiger partial charge in [-0.25, -0.2) is 4.79 Å². The molecule has 2 N–H and O–H groups in total. The lowest BCUT2D eigenvalue weighted by atomic mass is 10.1. The van der Waals surface area contributed by atoms with Crippen LogP contribution in [0, 0.1) is 0 Å². The Balaban J connectivity index is 2.01. The number of hydrogen-bond donors (Lipinski definition) is 1. The van der Waals surface area contributed by atoms with E-state index in [1.807, 2.05) is 49.4 Å². The number of ether oxygens (including phenoxy) is 1. The molecular formula is C19H24N2O2. The number of nitrogens with zero attached hydrogens (tertiary/aromatic N) is 1. The Morgan fingerprint density at radius 1 is 1.17 bits per heavy atom. The molecule has 0 aromatic heterocycles. The van der Waals surface area contributed by atoms with Crippen LogP contribution in [-0.2, 0) is 6.42 Å². The number of rotatable bonds is 7. The lowest BCUT2D eigenvalue weighted by Gasteiger charge is -2.28. The number of aryl methyl sites for hydroxylation is 1. The van der Waals surface area contributed by atoms with Crippen molar-refractivity contribution >= 4 is 6.03 Å². The smallest absolute Gasteiger partial charge is 0.315 e. The standard InChI is InChI=1S/C19H24N2O2/c1-15(17-11-6-12-18(14-17)23-2)21(19(20)22)13-7-10-16-8-4-3-5-9-16/h3-6,8-9,11-12,14-15H,7,10,13H2,1-2H3,(H2,20,22).